The highest BCUT2D eigenvalue weighted by atomic mass is 14.7. The zero-order chi connectivity index (χ0) is 7.73. The average molecular weight is 151 g/mol. The molecule has 2 rings (SSSR count). The molecule has 1 unspecified atom stereocenters. The summed E-state index contributed by atoms with van der Waals surface area (Å²) in [7, 11) is 0. The van der Waals surface area contributed by atoms with Gasteiger partial charge in [-0.25, -0.2) is 0 Å². The second-order valence-electron chi connectivity index (χ2n) is 4.08. The van der Waals surface area contributed by atoms with Crippen molar-refractivity contribution in [3.8, 4) is 0 Å². The summed E-state index contributed by atoms with van der Waals surface area (Å²) in [6.45, 7) is 0. The first-order valence-corrected chi connectivity index (χ1v) is 4.76. The van der Waals surface area contributed by atoms with Crippen LogP contribution >= 0.6 is 0 Å². The third-order valence-electron chi connectivity index (χ3n) is 3.42. The Morgan fingerprint density at radius 2 is 1.91 bits per heavy atom. The van der Waals surface area contributed by atoms with Crippen LogP contribution in [0.4, 0.5) is 0 Å². The molecule has 1 atom stereocenters. The molecule has 62 valence electrons. The minimum absolute atomic E-state index is 0.364. The van der Waals surface area contributed by atoms with Gasteiger partial charge in [-0.3, -0.25) is 0 Å². The molecule has 0 radical (unpaired) electrons. The van der Waals surface area contributed by atoms with E-state index in [0.717, 1.165) is 0 Å². The van der Waals surface area contributed by atoms with Crippen molar-refractivity contribution in [1.29, 1.82) is 0 Å². The first kappa shape index (κ1) is 7.35. The Kier molecular flexibility index (Phi) is 1.76. The van der Waals surface area contributed by atoms with Crippen LogP contribution in [0.2, 0.25) is 0 Å². The Balaban J connectivity index is 2.08. The van der Waals surface area contributed by atoms with Crippen LogP contribution in [0.15, 0.2) is 12.2 Å². The third kappa shape index (κ3) is 1.12. The van der Waals surface area contributed by atoms with Crippen molar-refractivity contribution < 1.29 is 0 Å². The summed E-state index contributed by atoms with van der Waals surface area (Å²) in [4.78, 5) is 0. The van der Waals surface area contributed by atoms with Crippen molar-refractivity contribution in [3.63, 3.8) is 0 Å². The van der Waals surface area contributed by atoms with Gasteiger partial charge >= 0.3 is 0 Å². The van der Waals surface area contributed by atoms with Crippen molar-refractivity contribution in [2.24, 2.45) is 11.1 Å². The minimum Gasteiger partial charge on any atom is -0.324 e. The molecular weight excluding hydrogens is 134 g/mol. The summed E-state index contributed by atoms with van der Waals surface area (Å²) < 4.78 is 0. The molecule has 1 saturated carbocycles. The number of nitrogens with two attached hydrogens (primary N) is 1. The van der Waals surface area contributed by atoms with Crippen LogP contribution in [0, 0.1) is 5.41 Å². The lowest BCUT2D eigenvalue weighted by molar-refractivity contribution is 0.182. The summed E-state index contributed by atoms with van der Waals surface area (Å²) >= 11 is 0. The van der Waals surface area contributed by atoms with Crippen molar-refractivity contribution >= 4 is 0 Å². The molecule has 2 aliphatic rings. The summed E-state index contributed by atoms with van der Waals surface area (Å²) in [6, 6.07) is 0.364. The average Bonchev–Trinajstić information content (AvgIpc) is 2.36. The van der Waals surface area contributed by atoms with E-state index in [2.05, 4.69) is 12.2 Å². The zero-order valence-electron chi connectivity index (χ0n) is 7.05. The lowest BCUT2D eigenvalue weighted by Crippen LogP contribution is -2.38. The van der Waals surface area contributed by atoms with Gasteiger partial charge < -0.3 is 5.73 Å². The summed E-state index contributed by atoms with van der Waals surface area (Å²) in [5.41, 5.74) is 6.56. The fourth-order valence-corrected chi connectivity index (χ4v) is 2.58. The van der Waals surface area contributed by atoms with Gasteiger partial charge in [-0.2, -0.15) is 0 Å². The number of hydrogen-bond donors (Lipinski definition) is 1. The maximum absolute atomic E-state index is 6.06. The quantitative estimate of drug-likeness (QED) is 0.528. The fourth-order valence-electron chi connectivity index (χ4n) is 2.58. The highest BCUT2D eigenvalue weighted by Gasteiger charge is 2.38. The zero-order valence-corrected chi connectivity index (χ0v) is 7.05. The van der Waals surface area contributed by atoms with Gasteiger partial charge in [0.25, 0.3) is 0 Å². The SMILES string of the molecule is NC1C=CCC12CCCCC2. The number of allylic oxidation sites excluding steroid dienone is 1. The van der Waals surface area contributed by atoms with Gasteiger partial charge in [0.05, 0.1) is 0 Å². The topological polar surface area (TPSA) is 26.0 Å². The van der Waals surface area contributed by atoms with E-state index in [1.54, 1.807) is 0 Å². The maximum atomic E-state index is 6.06. The second kappa shape index (κ2) is 2.63. The van der Waals surface area contributed by atoms with E-state index in [-0.39, 0.29) is 0 Å². The predicted octanol–water partition coefficient (Wildman–Crippen LogP) is 2.22. The molecule has 0 bridgehead atoms. The highest BCUT2D eigenvalue weighted by molar-refractivity contribution is 5.12. The Labute approximate surface area is 68.7 Å². The van der Waals surface area contributed by atoms with E-state index in [1.165, 1.54) is 38.5 Å². The molecule has 0 amide bonds. The Hall–Kier alpha value is -0.300. The standard InChI is InChI=1S/C10H17N/c11-9-5-4-8-10(9)6-2-1-3-7-10/h4-5,9H,1-3,6-8,11H2. The van der Waals surface area contributed by atoms with E-state index < -0.39 is 0 Å². The molecular formula is C10H17N. The largest absolute Gasteiger partial charge is 0.324 e. The maximum Gasteiger partial charge on any atom is 0.0284 e. The molecule has 0 aromatic heterocycles. The molecule has 2 N–H and O–H groups in total. The van der Waals surface area contributed by atoms with Crippen LogP contribution < -0.4 is 5.73 Å². The molecule has 0 aliphatic heterocycles. The van der Waals surface area contributed by atoms with Gasteiger partial charge in [-0.15, -0.1) is 0 Å². The van der Waals surface area contributed by atoms with Crippen LogP contribution in [0.3, 0.4) is 0 Å². The van der Waals surface area contributed by atoms with Gasteiger partial charge in [0.2, 0.25) is 0 Å². The van der Waals surface area contributed by atoms with Crippen molar-refractivity contribution in [2.75, 3.05) is 0 Å². The fraction of sp³-hybridized carbons (Fsp3) is 0.800. The first-order chi connectivity index (χ1) is 5.33. The molecule has 0 heterocycles. The number of hydrogen-bond acceptors (Lipinski definition) is 1. The van der Waals surface area contributed by atoms with Gasteiger partial charge in [0, 0.05) is 6.04 Å². The lowest BCUT2D eigenvalue weighted by atomic mass is 9.70. The molecule has 1 fully saturated rings. The summed E-state index contributed by atoms with van der Waals surface area (Å²) in [5, 5.41) is 0. The molecule has 1 nitrogen and oxygen atoms in total. The van der Waals surface area contributed by atoms with E-state index in [4.69, 9.17) is 5.73 Å². The molecule has 0 aromatic rings. The highest BCUT2D eigenvalue weighted by Crippen LogP contribution is 2.45. The van der Waals surface area contributed by atoms with Crippen LogP contribution in [-0.4, -0.2) is 6.04 Å². The summed E-state index contributed by atoms with van der Waals surface area (Å²) in [5.74, 6) is 0. The lowest BCUT2D eigenvalue weighted by Gasteiger charge is -2.37. The Bertz CT molecular complexity index is 166. The normalized spacial score (nSPS) is 34.8. The third-order valence-corrected chi connectivity index (χ3v) is 3.42. The van der Waals surface area contributed by atoms with E-state index in [1.807, 2.05) is 0 Å². The summed E-state index contributed by atoms with van der Waals surface area (Å²) in [6.07, 6.45) is 12.7. The molecule has 1 spiro atoms. The van der Waals surface area contributed by atoms with Gasteiger partial charge in [-0.1, -0.05) is 31.4 Å². The minimum atomic E-state index is 0.364. The molecule has 0 aromatic carbocycles. The molecule has 2 aliphatic carbocycles. The smallest absolute Gasteiger partial charge is 0.0284 e. The van der Waals surface area contributed by atoms with E-state index in [9.17, 15) is 0 Å². The second-order valence-corrected chi connectivity index (χ2v) is 4.08. The molecule has 1 heteroatoms. The molecule has 11 heavy (non-hydrogen) atoms. The first-order valence-electron chi connectivity index (χ1n) is 4.76. The van der Waals surface area contributed by atoms with E-state index >= 15 is 0 Å². The van der Waals surface area contributed by atoms with Crippen LogP contribution in [-0.2, 0) is 0 Å². The van der Waals surface area contributed by atoms with Crippen LogP contribution in [0.5, 0.6) is 0 Å². The van der Waals surface area contributed by atoms with Crippen LogP contribution in [0.25, 0.3) is 0 Å². The van der Waals surface area contributed by atoms with Crippen molar-refractivity contribution in [1.82, 2.24) is 0 Å². The van der Waals surface area contributed by atoms with Gasteiger partial charge in [0.1, 0.15) is 0 Å². The van der Waals surface area contributed by atoms with Crippen LogP contribution in [0.1, 0.15) is 38.5 Å². The van der Waals surface area contributed by atoms with Gasteiger partial charge in [-0.05, 0) is 24.7 Å². The van der Waals surface area contributed by atoms with Gasteiger partial charge in [0.15, 0.2) is 0 Å². The Morgan fingerprint density at radius 3 is 2.45 bits per heavy atom. The monoisotopic (exact) mass is 151 g/mol. The Morgan fingerprint density at radius 1 is 1.18 bits per heavy atom. The number of rotatable bonds is 0. The van der Waals surface area contributed by atoms with Crippen molar-refractivity contribution in [3.05, 3.63) is 12.2 Å². The van der Waals surface area contributed by atoms with Crippen molar-refractivity contribution in [2.45, 2.75) is 44.6 Å². The predicted molar refractivity (Wildman–Crippen MR) is 47.3 cm³/mol. The van der Waals surface area contributed by atoms with E-state index in [0.29, 0.717) is 11.5 Å². The molecule has 0 saturated heterocycles.